The fourth-order valence-electron chi connectivity index (χ4n) is 3.40. The molecule has 0 N–H and O–H groups in total. The lowest BCUT2D eigenvalue weighted by atomic mass is 9.47. The van der Waals surface area contributed by atoms with Gasteiger partial charge in [0.15, 0.2) is 0 Å². The molecule has 0 amide bonds. The fraction of sp³-hybridized carbons (Fsp3) is 0.667. The fourth-order valence-corrected chi connectivity index (χ4v) is 3.40. The number of allylic oxidation sites excluding steroid dienone is 2. The van der Waals surface area contributed by atoms with E-state index in [1.165, 1.54) is 5.57 Å². The van der Waals surface area contributed by atoms with Crippen molar-refractivity contribution in [2.24, 2.45) is 17.3 Å². The van der Waals surface area contributed by atoms with Gasteiger partial charge in [0.2, 0.25) is 0 Å². The van der Waals surface area contributed by atoms with Gasteiger partial charge in [0.1, 0.15) is 6.10 Å². The van der Waals surface area contributed by atoms with E-state index in [1.807, 2.05) is 19.9 Å². The largest absolute Gasteiger partial charge is 0.458 e. The Hall–Kier alpha value is -1.05. The first-order valence-corrected chi connectivity index (χ1v) is 6.40. The molecule has 1 fully saturated rings. The summed E-state index contributed by atoms with van der Waals surface area (Å²) >= 11 is 0. The third-order valence-corrected chi connectivity index (χ3v) is 4.66. The maximum absolute atomic E-state index is 11.8. The zero-order valence-corrected chi connectivity index (χ0v) is 11.4. The molecule has 1 saturated carbocycles. The predicted molar refractivity (Wildman–Crippen MR) is 68.4 cm³/mol. The van der Waals surface area contributed by atoms with Gasteiger partial charge in [-0.2, -0.15) is 0 Å². The number of hydrogen-bond donors (Lipinski definition) is 0. The summed E-state index contributed by atoms with van der Waals surface area (Å²) in [5, 5.41) is 0. The molecule has 0 aromatic rings. The van der Waals surface area contributed by atoms with Gasteiger partial charge in [-0.1, -0.05) is 31.6 Å². The minimum Gasteiger partial charge on any atom is -0.458 e. The van der Waals surface area contributed by atoms with Crippen LogP contribution in [-0.4, -0.2) is 12.1 Å². The molecule has 0 spiro atoms. The van der Waals surface area contributed by atoms with Gasteiger partial charge >= 0.3 is 5.97 Å². The van der Waals surface area contributed by atoms with Crippen LogP contribution in [0.2, 0.25) is 0 Å². The highest BCUT2D eigenvalue weighted by Gasteiger charge is 2.60. The molecule has 3 atom stereocenters. The van der Waals surface area contributed by atoms with Gasteiger partial charge in [-0.05, 0) is 32.6 Å². The first kappa shape index (κ1) is 12.4. The molecule has 3 rings (SSSR count). The zero-order chi connectivity index (χ0) is 12.8. The third-order valence-electron chi connectivity index (χ3n) is 4.66. The third kappa shape index (κ3) is 1.74. The average molecular weight is 234 g/mol. The Balaban J connectivity index is 2.12. The second kappa shape index (κ2) is 4.01. The molecular formula is C15H22O2. The van der Waals surface area contributed by atoms with E-state index in [1.54, 1.807) is 0 Å². The molecule has 2 bridgehead atoms. The van der Waals surface area contributed by atoms with Crippen LogP contribution in [0.3, 0.4) is 0 Å². The molecule has 17 heavy (non-hydrogen) atoms. The standard InChI is InChI=1S/C15H22O2/c1-6-9(2)14(16)17-13-11-8-7-10(3)12(13)15(11,4)5/h6-7,11-13H,8H2,1-5H3/b9-6+/t11-,12+,13-/m0/s1. The van der Waals surface area contributed by atoms with E-state index in [2.05, 4.69) is 26.8 Å². The van der Waals surface area contributed by atoms with Crippen molar-refractivity contribution < 1.29 is 9.53 Å². The van der Waals surface area contributed by atoms with E-state index in [0.29, 0.717) is 17.4 Å². The quantitative estimate of drug-likeness (QED) is 0.415. The van der Waals surface area contributed by atoms with E-state index >= 15 is 0 Å². The van der Waals surface area contributed by atoms with Crippen molar-refractivity contribution in [1.29, 1.82) is 0 Å². The molecule has 0 aromatic heterocycles. The van der Waals surface area contributed by atoms with Gasteiger partial charge in [-0.15, -0.1) is 0 Å². The van der Waals surface area contributed by atoms with Crippen LogP contribution in [-0.2, 0) is 9.53 Å². The molecule has 0 radical (unpaired) electrons. The minimum atomic E-state index is -0.155. The number of ether oxygens (including phenoxy) is 1. The molecule has 0 heterocycles. The topological polar surface area (TPSA) is 26.3 Å². The van der Waals surface area contributed by atoms with Gasteiger partial charge in [-0.25, -0.2) is 4.79 Å². The minimum absolute atomic E-state index is 0.0948. The van der Waals surface area contributed by atoms with Crippen LogP contribution >= 0.6 is 0 Å². The van der Waals surface area contributed by atoms with Crippen LogP contribution in [0, 0.1) is 17.3 Å². The average Bonchev–Trinajstić information content (AvgIpc) is 2.26. The second-order valence-electron chi connectivity index (χ2n) is 5.93. The maximum Gasteiger partial charge on any atom is 0.333 e. The first-order valence-electron chi connectivity index (χ1n) is 6.40. The van der Waals surface area contributed by atoms with E-state index in [4.69, 9.17) is 4.74 Å². The highest BCUT2D eigenvalue weighted by Crippen LogP contribution is 2.60. The number of esters is 1. The summed E-state index contributed by atoms with van der Waals surface area (Å²) in [5.41, 5.74) is 2.37. The molecule has 2 heteroatoms. The highest BCUT2D eigenvalue weighted by atomic mass is 16.5. The molecule has 0 saturated heterocycles. The highest BCUT2D eigenvalue weighted by molar-refractivity contribution is 5.87. The van der Waals surface area contributed by atoms with Crippen molar-refractivity contribution in [2.45, 2.75) is 47.1 Å². The predicted octanol–water partition coefficient (Wildman–Crippen LogP) is 3.49. The Bertz CT molecular complexity index is 401. The normalized spacial score (nSPS) is 34.8. The first-order chi connectivity index (χ1) is 7.89. The van der Waals surface area contributed by atoms with Crippen LogP contribution in [0.15, 0.2) is 23.3 Å². The van der Waals surface area contributed by atoms with Gasteiger partial charge in [0.05, 0.1) is 0 Å². The number of rotatable bonds is 2. The van der Waals surface area contributed by atoms with Crippen molar-refractivity contribution in [3.8, 4) is 0 Å². The van der Waals surface area contributed by atoms with Crippen molar-refractivity contribution in [3.05, 3.63) is 23.3 Å². The lowest BCUT2D eigenvalue weighted by Crippen LogP contribution is -2.61. The lowest BCUT2D eigenvalue weighted by molar-refractivity contribution is -0.188. The van der Waals surface area contributed by atoms with Crippen molar-refractivity contribution in [1.82, 2.24) is 0 Å². The Labute approximate surface area is 104 Å². The molecular weight excluding hydrogens is 212 g/mol. The van der Waals surface area contributed by atoms with Crippen LogP contribution in [0.25, 0.3) is 0 Å². The molecule has 3 aliphatic rings. The number of carbonyl (C=O) groups excluding carboxylic acids is 1. The summed E-state index contributed by atoms with van der Waals surface area (Å²) in [7, 11) is 0. The molecule has 2 nitrogen and oxygen atoms in total. The van der Waals surface area contributed by atoms with E-state index < -0.39 is 0 Å². The number of hydrogen-bond acceptors (Lipinski definition) is 2. The van der Waals surface area contributed by atoms with Crippen LogP contribution in [0.4, 0.5) is 0 Å². The Morgan fingerprint density at radius 3 is 2.65 bits per heavy atom. The zero-order valence-electron chi connectivity index (χ0n) is 11.4. The lowest BCUT2D eigenvalue weighted by Gasteiger charge is -2.60. The van der Waals surface area contributed by atoms with Crippen molar-refractivity contribution in [2.75, 3.05) is 0 Å². The Kier molecular flexibility index (Phi) is 2.92. The SMILES string of the molecule is C/C=C(\C)C(=O)O[C@@H]1[C@H]2C(C)=CC[C@@H]1C2(C)C. The van der Waals surface area contributed by atoms with Gasteiger partial charge < -0.3 is 4.74 Å². The van der Waals surface area contributed by atoms with Crippen molar-refractivity contribution in [3.63, 3.8) is 0 Å². The summed E-state index contributed by atoms with van der Waals surface area (Å²) in [6.45, 7) is 10.4. The van der Waals surface area contributed by atoms with Crippen molar-refractivity contribution >= 4 is 5.97 Å². The molecule has 0 unspecified atom stereocenters. The second-order valence-corrected chi connectivity index (χ2v) is 5.93. The smallest absolute Gasteiger partial charge is 0.333 e. The monoisotopic (exact) mass is 234 g/mol. The Morgan fingerprint density at radius 2 is 2.18 bits per heavy atom. The van der Waals surface area contributed by atoms with E-state index in [-0.39, 0.29) is 17.5 Å². The maximum atomic E-state index is 11.8. The summed E-state index contributed by atoms with van der Waals surface area (Å²) < 4.78 is 5.66. The van der Waals surface area contributed by atoms with Crippen LogP contribution in [0.1, 0.15) is 41.0 Å². The van der Waals surface area contributed by atoms with Gasteiger partial charge in [0.25, 0.3) is 0 Å². The molecule has 94 valence electrons. The molecule has 0 aliphatic heterocycles. The van der Waals surface area contributed by atoms with E-state index in [0.717, 1.165) is 6.42 Å². The van der Waals surface area contributed by atoms with Gasteiger partial charge in [0, 0.05) is 17.4 Å². The van der Waals surface area contributed by atoms with Crippen LogP contribution < -0.4 is 0 Å². The Morgan fingerprint density at radius 1 is 1.53 bits per heavy atom. The van der Waals surface area contributed by atoms with Gasteiger partial charge in [-0.3, -0.25) is 0 Å². The summed E-state index contributed by atoms with van der Waals surface area (Å²) in [4.78, 5) is 11.8. The number of fused-ring (bicyclic) bond motifs is 1. The van der Waals surface area contributed by atoms with E-state index in [9.17, 15) is 4.79 Å². The summed E-state index contributed by atoms with van der Waals surface area (Å²) in [5.74, 6) is 0.748. The molecule has 3 aliphatic carbocycles. The summed E-state index contributed by atoms with van der Waals surface area (Å²) in [6.07, 6.45) is 5.25. The summed E-state index contributed by atoms with van der Waals surface area (Å²) in [6, 6.07) is 0. The molecule has 0 aromatic carbocycles. The number of carbonyl (C=O) groups is 1. The van der Waals surface area contributed by atoms with Crippen LogP contribution in [0.5, 0.6) is 0 Å².